The van der Waals surface area contributed by atoms with Crippen LogP contribution in [-0.4, -0.2) is 31.5 Å². The maximum atomic E-state index is 4.46. The third-order valence-electron chi connectivity index (χ3n) is 4.60. The van der Waals surface area contributed by atoms with Gasteiger partial charge in [-0.3, -0.25) is 9.58 Å². The van der Waals surface area contributed by atoms with Gasteiger partial charge in [-0.25, -0.2) is 4.68 Å². The van der Waals surface area contributed by atoms with Gasteiger partial charge in [0.05, 0.1) is 11.9 Å². The Morgan fingerprint density at radius 2 is 2.04 bits per heavy atom. The second-order valence-corrected chi connectivity index (χ2v) is 6.75. The summed E-state index contributed by atoms with van der Waals surface area (Å²) in [6.45, 7) is 1.85. The molecule has 1 aliphatic carbocycles. The summed E-state index contributed by atoms with van der Waals surface area (Å²) in [4.78, 5) is 2.35. The third kappa shape index (κ3) is 3.12. The highest BCUT2D eigenvalue weighted by molar-refractivity contribution is 5.35. The molecule has 0 amide bonds. The van der Waals surface area contributed by atoms with Gasteiger partial charge in [0.2, 0.25) is 0 Å². The van der Waals surface area contributed by atoms with Crippen LogP contribution in [0.15, 0.2) is 48.9 Å². The van der Waals surface area contributed by atoms with E-state index in [0.717, 1.165) is 24.7 Å². The fraction of sp³-hybridized carbons (Fsp3) is 0.368. The Bertz CT molecular complexity index is 814. The maximum Gasteiger partial charge on any atom is 0.0648 e. The number of nitrogens with zero attached hydrogens (tertiary/aromatic N) is 5. The molecular formula is C19H23N5. The first-order valence-electron chi connectivity index (χ1n) is 8.49. The lowest BCUT2D eigenvalue weighted by molar-refractivity contribution is 0.318. The summed E-state index contributed by atoms with van der Waals surface area (Å²) in [7, 11) is 4.23. The van der Waals surface area contributed by atoms with Crippen LogP contribution in [0.2, 0.25) is 0 Å². The van der Waals surface area contributed by atoms with Crippen LogP contribution >= 0.6 is 0 Å². The molecule has 0 radical (unpaired) electrons. The summed E-state index contributed by atoms with van der Waals surface area (Å²) in [5.41, 5.74) is 5.19. The van der Waals surface area contributed by atoms with E-state index in [9.17, 15) is 0 Å². The minimum absolute atomic E-state index is 0.726. The highest BCUT2D eigenvalue weighted by Crippen LogP contribution is 2.41. The number of rotatable bonds is 6. The van der Waals surface area contributed by atoms with Gasteiger partial charge in [-0.05, 0) is 43.7 Å². The predicted octanol–water partition coefficient (Wildman–Crippen LogP) is 3.12. The fourth-order valence-corrected chi connectivity index (χ4v) is 3.37. The van der Waals surface area contributed by atoms with E-state index in [1.165, 1.54) is 29.7 Å². The van der Waals surface area contributed by atoms with Gasteiger partial charge in [0.15, 0.2) is 0 Å². The molecule has 1 aromatic carbocycles. The molecule has 0 bridgehead atoms. The molecule has 2 aromatic heterocycles. The van der Waals surface area contributed by atoms with E-state index in [4.69, 9.17) is 0 Å². The molecular weight excluding hydrogens is 298 g/mol. The topological polar surface area (TPSA) is 38.9 Å². The summed E-state index contributed by atoms with van der Waals surface area (Å²) in [6.07, 6.45) is 8.43. The zero-order valence-corrected chi connectivity index (χ0v) is 14.3. The zero-order valence-electron chi connectivity index (χ0n) is 14.3. The largest absolute Gasteiger partial charge is 0.298 e. The smallest absolute Gasteiger partial charge is 0.0648 e. The predicted molar refractivity (Wildman–Crippen MR) is 93.9 cm³/mol. The average Bonchev–Trinajstić information content (AvgIpc) is 3.11. The molecule has 4 rings (SSSR count). The van der Waals surface area contributed by atoms with Gasteiger partial charge in [0, 0.05) is 49.7 Å². The van der Waals surface area contributed by atoms with Crippen molar-refractivity contribution in [1.82, 2.24) is 24.5 Å². The molecule has 0 atom stereocenters. The molecule has 0 N–H and O–H groups in total. The lowest BCUT2D eigenvalue weighted by Crippen LogP contribution is -2.18. The molecule has 2 heterocycles. The molecule has 0 saturated heterocycles. The Labute approximate surface area is 142 Å². The Hall–Kier alpha value is -2.40. The molecule has 124 valence electrons. The quantitative estimate of drug-likeness (QED) is 0.700. The van der Waals surface area contributed by atoms with Crippen molar-refractivity contribution in [3.63, 3.8) is 0 Å². The molecule has 3 aromatic rings. The van der Waals surface area contributed by atoms with Crippen LogP contribution in [0.25, 0.3) is 5.69 Å². The van der Waals surface area contributed by atoms with E-state index >= 15 is 0 Å². The van der Waals surface area contributed by atoms with Gasteiger partial charge in [-0.1, -0.05) is 12.1 Å². The van der Waals surface area contributed by atoms with Crippen LogP contribution in [0, 0.1) is 0 Å². The summed E-state index contributed by atoms with van der Waals surface area (Å²) in [6, 6.07) is 10.5. The number of aryl methyl sites for hydroxylation is 1. The number of hydrogen-bond donors (Lipinski definition) is 0. The van der Waals surface area contributed by atoms with Crippen molar-refractivity contribution in [3.05, 3.63) is 65.7 Å². The lowest BCUT2D eigenvalue weighted by Gasteiger charge is -2.17. The third-order valence-corrected chi connectivity index (χ3v) is 4.60. The van der Waals surface area contributed by atoms with Crippen molar-refractivity contribution >= 4 is 0 Å². The van der Waals surface area contributed by atoms with E-state index in [-0.39, 0.29) is 0 Å². The van der Waals surface area contributed by atoms with Crippen molar-refractivity contribution in [2.45, 2.75) is 31.8 Å². The standard InChI is InChI=1S/C19H23N5/c1-22(14-17-12-21-23(2)19(17)16-7-8-16)13-15-5-3-6-18(11-15)24-10-4-9-20-24/h3-6,9-12,16H,7-8,13-14H2,1-2H3. The molecule has 5 heteroatoms. The van der Waals surface area contributed by atoms with E-state index in [1.807, 2.05) is 23.1 Å². The van der Waals surface area contributed by atoms with Crippen LogP contribution in [-0.2, 0) is 20.1 Å². The molecule has 24 heavy (non-hydrogen) atoms. The van der Waals surface area contributed by atoms with Crippen LogP contribution < -0.4 is 0 Å². The minimum atomic E-state index is 0.726. The van der Waals surface area contributed by atoms with Crippen LogP contribution in [0.5, 0.6) is 0 Å². The Morgan fingerprint density at radius 3 is 2.79 bits per heavy atom. The molecule has 0 unspecified atom stereocenters. The Kier molecular flexibility index (Phi) is 3.94. The lowest BCUT2D eigenvalue weighted by atomic mass is 10.1. The van der Waals surface area contributed by atoms with E-state index in [0.29, 0.717) is 0 Å². The fourth-order valence-electron chi connectivity index (χ4n) is 3.37. The molecule has 1 aliphatic rings. The first-order chi connectivity index (χ1) is 11.7. The van der Waals surface area contributed by atoms with Gasteiger partial charge in [-0.2, -0.15) is 10.2 Å². The van der Waals surface area contributed by atoms with Gasteiger partial charge in [-0.15, -0.1) is 0 Å². The molecule has 0 spiro atoms. The van der Waals surface area contributed by atoms with Crippen LogP contribution in [0.3, 0.4) is 0 Å². The number of aromatic nitrogens is 4. The summed E-state index contributed by atoms with van der Waals surface area (Å²) in [5.74, 6) is 0.726. The number of benzene rings is 1. The number of hydrogen-bond acceptors (Lipinski definition) is 3. The first kappa shape index (κ1) is 15.1. The zero-order chi connectivity index (χ0) is 16.5. The summed E-state index contributed by atoms with van der Waals surface area (Å²) in [5, 5.41) is 8.77. The summed E-state index contributed by atoms with van der Waals surface area (Å²) >= 11 is 0. The van der Waals surface area contributed by atoms with Gasteiger partial charge < -0.3 is 0 Å². The van der Waals surface area contributed by atoms with Gasteiger partial charge >= 0.3 is 0 Å². The summed E-state index contributed by atoms with van der Waals surface area (Å²) < 4.78 is 3.95. The second-order valence-electron chi connectivity index (χ2n) is 6.75. The van der Waals surface area contributed by atoms with Gasteiger partial charge in [0.1, 0.15) is 0 Å². The monoisotopic (exact) mass is 321 g/mol. The highest BCUT2D eigenvalue weighted by atomic mass is 15.3. The van der Waals surface area contributed by atoms with Crippen molar-refractivity contribution in [2.75, 3.05) is 7.05 Å². The van der Waals surface area contributed by atoms with Crippen molar-refractivity contribution in [3.8, 4) is 5.69 Å². The van der Waals surface area contributed by atoms with Crippen molar-refractivity contribution in [2.24, 2.45) is 7.05 Å². The van der Waals surface area contributed by atoms with Crippen molar-refractivity contribution < 1.29 is 0 Å². The normalized spacial score (nSPS) is 14.5. The van der Waals surface area contributed by atoms with Crippen molar-refractivity contribution in [1.29, 1.82) is 0 Å². The van der Waals surface area contributed by atoms with Crippen LogP contribution in [0.1, 0.15) is 35.6 Å². The Morgan fingerprint density at radius 1 is 1.17 bits per heavy atom. The minimum Gasteiger partial charge on any atom is -0.298 e. The first-order valence-corrected chi connectivity index (χ1v) is 8.49. The molecule has 0 aliphatic heterocycles. The van der Waals surface area contributed by atoms with Gasteiger partial charge in [0.25, 0.3) is 0 Å². The second kappa shape index (κ2) is 6.24. The molecule has 5 nitrogen and oxygen atoms in total. The molecule has 1 fully saturated rings. The van der Waals surface area contributed by atoms with E-state index < -0.39 is 0 Å². The highest BCUT2D eigenvalue weighted by Gasteiger charge is 2.29. The SMILES string of the molecule is CN(Cc1cccc(-n2cccn2)c1)Cc1cnn(C)c1C1CC1. The average molecular weight is 321 g/mol. The van der Waals surface area contributed by atoms with E-state index in [1.54, 1.807) is 6.20 Å². The van der Waals surface area contributed by atoms with Crippen LogP contribution in [0.4, 0.5) is 0 Å². The van der Waals surface area contributed by atoms with E-state index in [2.05, 4.69) is 58.1 Å². The molecule has 1 saturated carbocycles. The Balaban J connectivity index is 1.47. The maximum absolute atomic E-state index is 4.46.